The molecular weight excluding hydrogens is 468 g/mol. The number of methoxy groups -OCH3 is 1. The van der Waals surface area contributed by atoms with Crippen LogP contribution in [-0.2, 0) is 31.1 Å². The van der Waals surface area contributed by atoms with Crippen LogP contribution in [0.2, 0.25) is 5.02 Å². The highest BCUT2D eigenvalue weighted by Crippen LogP contribution is 2.43. The zero-order valence-electron chi connectivity index (χ0n) is 20.2. The first-order valence-electron chi connectivity index (χ1n) is 11.5. The number of hydrogen-bond donors (Lipinski definition) is 0. The van der Waals surface area contributed by atoms with Crippen LogP contribution in [-0.4, -0.2) is 64.2 Å². The summed E-state index contributed by atoms with van der Waals surface area (Å²) in [5.41, 5.74) is 1.67. The van der Waals surface area contributed by atoms with E-state index in [4.69, 9.17) is 16.3 Å². The Morgan fingerprint density at radius 2 is 1.94 bits per heavy atom. The molecule has 184 valence electrons. The molecule has 1 aliphatic rings. The number of hydrogen-bond acceptors (Lipinski definition) is 5. The van der Waals surface area contributed by atoms with Gasteiger partial charge in [0.1, 0.15) is 5.65 Å². The second kappa shape index (κ2) is 10.2. The van der Waals surface area contributed by atoms with Crippen LogP contribution < -0.4 is 0 Å². The first-order valence-corrected chi connectivity index (χ1v) is 11.9. The molecule has 1 aromatic carbocycles. The fourth-order valence-electron chi connectivity index (χ4n) is 4.75. The molecule has 0 N–H and O–H groups in total. The van der Waals surface area contributed by atoms with E-state index in [0.29, 0.717) is 30.2 Å². The molecule has 35 heavy (non-hydrogen) atoms. The van der Waals surface area contributed by atoms with Crippen molar-refractivity contribution in [2.75, 3.05) is 27.3 Å². The zero-order valence-corrected chi connectivity index (χ0v) is 20.9. The average molecular weight is 497 g/mol. The molecule has 0 aliphatic carbocycles. The molecule has 1 fully saturated rings. The smallest absolute Gasteiger partial charge is 0.240 e. The maximum Gasteiger partial charge on any atom is 0.240 e. The van der Waals surface area contributed by atoms with Crippen LogP contribution in [0.15, 0.2) is 48.7 Å². The van der Waals surface area contributed by atoms with E-state index in [0.717, 1.165) is 17.0 Å². The molecule has 0 spiro atoms. The fourth-order valence-corrected chi connectivity index (χ4v) is 5.06. The Kier molecular flexibility index (Phi) is 7.23. The summed E-state index contributed by atoms with van der Waals surface area (Å²) in [4.78, 5) is 47.6. The Bertz CT molecular complexity index is 1270. The standard InChI is InChI=1S/C26H29ClN4O4/c1-18-21(30-12-7-6-11-22(30)28-18)17-29(2)23(32)15-26(19-9-4-5-10-20(19)27)16-24(33)31(25(26)34)13-8-14-35-3/h4-7,9-12H,8,13-17H2,1-3H3/t26-/m1/s1. The van der Waals surface area contributed by atoms with Gasteiger partial charge >= 0.3 is 0 Å². The van der Waals surface area contributed by atoms with E-state index in [1.807, 2.05) is 35.7 Å². The number of carbonyl (C=O) groups excluding carboxylic acids is 3. The Hall–Kier alpha value is -3.23. The topological polar surface area (TPSA) is 84.2 Å². The largest absolute Gasteiger partial charge is 0.385 e. The molecular formula is C26H29ClN4O4. The third-order valence-corrected chi connectivity index (χ3v) is 6.95. The van der Waals surface area contributed by atoms with Gasteiger partial charge < -0.3 is 14.0 Å². The van der Waals surface area contributed by atoms with E-state index in [1.165, 1.54) is 4.90 Å². The summed E-state index contributed by atoms with van der Waals surface area (Å²) in [5, 5.41) is 0.362. The minimum absolute atomic E-state index is 0.100. The lowest BCUT2D eigenvalue weighted by molar-refractivity contribution is -0.142. The summed E-state index contributed by atoms with van der Waals surface area (Å²) >= 11 is 6.51. The average Bonchev–Trinajstić information content (AvgIpc) is 3.27. The summed E-state index contributed by atoms with van der Waals surface area (Å²) in [5.74, 6) is -0.950. The molecule has 0 bridgehead atoms. The van der Waals surface area contributed by atoms with Crippen LogP contribution in [0, 0.1) is 6.92 Å². The van der Waals surface area contributed by atoms with Crippen molar-refractivity contribution < 1.29 is 19.1 Å². The maximum atomic E-state index is 13.7. The SMILES string of the molecule is COCCCN1C(=O)C[C@](CC(=O)N(C)Cc2c(C)nc3ccccn23)(c2ccccc2Cl)C1=O. The zero-order chi connectivity index (χ0) is 25.2. The highest BCUT2D eigenvalue weighted by Gasteiger charge is 2.54. The van der Waals surface area contributed by atoms with E-state index in [9.17, 15) is 14.4 Å². The first-order chi connectivity index (χ1) is 16.8. The van der Waals surface area contributed by atoms with Crippen molar-refractivity contribution in [1.82, 2.24) is 19.2 Å². The van der Waals surface area contributed by atoms with Gasteiger partial charge in [-0.1, -0.05) is 35.9 Å². The second-order valence-corrected chi connectivity index (χ2v) is 9.34. The van der Waals surface area contributed by atoms with Gasteiger partial charge in [0.05, 0.1) is 23.3 Å². The summed E-state index contributed by atoms with van der Waals surface area (Å²) in [7, 11) is 3.27. The highest BCUT2D eigenvalue weighted by molar-refractivity contribution is 6.32. The molecule has 0 radical (unpaired) electrons. The highest BCUT2D eigenvalue weighted by atomic mass is 35.5. The van der Waals surface area contributed by atoms with E-state index < -0.39 is 5.41 Å². The molecule has 3 heterocycles. The van der Waals surface area contributed by atoms with E-state index >= 15 is 0 Å². The number of aryl methyl sites for hydroxylation is 1. The number of likely N-dealkylation sites (tertiary alicyclic amines) is 1. The summed E-state index contributed by atoms with van der Waals surface area (Å²) in [6.45, 7) is 2.89. The van der Waals surface area contributed by atoms with Crippen molar-refractivity contribution in [3.8, 4) is 0 Å². The fraction of sp³-hybridized carbons (Fsp3) is 0.385. The normalized spacial score (nSPS) is 18.0. The van der Waals surface area contributed by atoms with Gasteiger partial charge in [-0.25, -0.2) is 4.98 Å². The third-order valence-electron chi connectivity index (χ3n) is 6.62. The van der Waals surface area contributed by atoms with Crippen molar-refractivity contribution in [2.24, 2.45) is 0 Å². The molecule has 0 unspecified atom stereocenters. The number of ether oxygens (including phenoxy) is 1. The van der Waals surface area contributed by atoms with E-state index in [-0.39, 0.29) is 37.1 Å². The summed E-state index contributed by atoms with van der Waals surface area (Å²) < 4.78 is 7.02. The van der Waals surface area contributed by atoms with Gasteiger partial charge in [0, 0.05) is 51.4 Å². The Morgan fingerprint density at radius 3 is 2.69 bits per heavy atom. The Labute approximate surface area is 209 Å². The molecule has 3 aromatic rings. The van der Waals surface area contributed by atoms with Crippen LogP contribution in [0.4, 0.5) is 0 Å². The number of rotatable bonds is 9. The molecule has 8 nitrogen and oxygen atoms in total. The third kappa shape index (κ3) is 4.68. The number of pyridine rings is 1. The van der Waals surface area contributed by atoms with Gasteiger partial charge in [-0.2, -0.15) is 0 Å². The second-order valence-electron chi connectivity index (χ2n) is 8.93. The van der Waals surface area contributed by atoms with Crippen LogP contribution in [0.5, 0.6) is 0 Å². The molecule has 9 heteroatoms. The lowest BCUT2D eigenvalue weighted by Gasteiger charge is -2.30. The lowest BCUT2D eigenvalue weighted by atomic mass is 9.75. The van der Waals surface area contributed by atoms with Gasteiger partial charge in [-0.15, -0.1) is 0 Å². The lowest BCUT2D eigenvalue weighted by Crippen LogP contribution is -2.43. The van der Waals surface area contributed by atoms with Gasteiger partial charge in [0.2, 0.25) is 17.7 Å². The first kappa shape index (κ1) is 24.9. The number of nitrogens with zero attached hydrogens (tertiary/aromatic N) is 4. The number of benzene rings is 1. The van der Waals surface area contributed by atoms with Crippen molar-refractivity contribution >= 4 is 35.0 Å². The van der Waals surface area contributed by atoms with Gasteiger partial charge in [-0.05, 0) is 37.1 Å². The van der Waals surface area contributed by atoms with Crippen LogP contribution in [0.25, 0.3) is 5.65 Å². The van der Waals surface area contributed by atoms with Gasteiger partial charge in [0.25, 0.3) is 0 Å². The van der Waals surface area contributed by atoms with Crippen molar-refractivity contribution in [3.05, 3.63) is 70.6 Å². The van der Waals surface area contributed by atoms with Crippen LogP contribution in [0.1, 0.15) is 36.2 Å². The van der Waals surface area contributed by atoms with E-state index in [2.05, 4.69) is 4.98 Å². The van der Waals surface area contributed by atoms with Crippen LogP contribution in [0.3, 0.4) is 0 Å². The predicted molar refractivity (Wildman–Crippen MR) is 132 cm³/mol. The Balaban J connectivity index is 1.63. The number of halogens is 1. The van der Waals surface area contributed by atoms with E-state index in [1.54, 1.807) is 43.3 Å². The Morgan fingerprint density at radius 1 is 1.20 bits per heavy atom. The minimum atomic E-state index is -1.34. The molecule has 1 atom stereocenters. The summed E-state index contributed by atoms with van der Waals surface area (Å²) in [6, 6.07) is 12.7. The number of amides is 3. The quantitative estimate of drug-likeness (QED) is 0.335. The van der Waals surface area contributed by atoms with Crippen molar-refractivity contribution in [3.63, 3.8) is 0 Å². The predicted octanol–water partition coefficient (Wildman–Crippen LogP) is 3.38. The number of fused-ring (bicyclic) bond motifs is 1. The maximum absolute atomic E-state index is 13.7. The van der Waals surface area contributed by atoms with Crippen LogP contribution >= 0.6 is 11.6 Å². The van der Waals surface area contributed by atoms with Crippen molar-refractivity contribution in [2.45, 2.75) is 38.1 Å². The molecule has 3 amide bonds. The number of aromatic nitrogens is 2. The molecule has 4 rings (SSSR count). The number of carbonyl (C=O) groups is 3. The molecule has 0 saturated carbocycles. The minimum Gasteiger partial charge on any atom is -0.385 e. The van der Waals surface area contributed by atoms with Gasteiger partial charge in [-0.3, -0.25) is 19.3 Å². The van der Waals surface area contributed by atoms with Gasteiger partial charge in [0.15, 0.2) is 0 Å². The van der Waals surface area contributed by atoms with Crippen molar-refractivity contribution in [1.29, 1.82) is 0 Å². The number of imidazole rings is 1. The molecule has 1 saturated heterocycles. The number of imide groups is 1. The molecule has 2 aromatic heterocycles. The molecule has 1 aliphatic heterocycles. The monoisotopic (exact) mass is 496 g/mol. The summed E-state index contributed by atoms with van der Waals surface area (Å²) in [6.07, 6.45) is 2.17.